The lowest BCUT2D eigenvalue weighted by Gasteiger charge is -2.18. The second kappa shape index (κ2) is 7.43. The Labute approximate surface area is 148 Å². The summed E-state index contributed by atoms with van der Waals surface area (Å²) < 4.78 is 29.0. The molecule has 2 aromatic rings. The first-order valence-electron chi connectivity index (χ1n) is 7.68. The number of nitrogens with one attached hydrogen (secondary N) is 1. The Balaban J connectivity index is 1.59. The molecule has 0 amide bonds. The molecule has 3 atom stereocenters. The molecule has 0 fully saturated rings. The number of nitrogens with zero attached hydrogens (tertiary/aromatic N) is 1. The third-order valence-corrected chi connectivity index (χ3v) is 4.49. The largest absolute Gasteiger partial charge is 0.423 e. The fraction of sp³-hybridized carbons (Fsp3) is 0.250. The van der Waals surface area contributed by atoms with Crippen LogP contribution < -0.4 is 15.8 Å². The van der Waals surface area contributed by atoms with Crippen molar-refractivity contribution in [3.8, 4) is 5.75 Å². The van der Waals surface area contributed by atoms with Crippen LogP contribution in [0.3, 0.4) is 0 Å². The van der Waals surface area contributed by atoms with E-state index in [0.717, 1.165) is 0 Å². The zero-order valence-electron chi connectivity index (χ0n) is 13.8. The first-order chi connectivity index (χ1) is 12.3. The van der Waals surface area contributed by atoms with Crippen molar-refractivity contribution in [1.29, 1.82) is 0 Å². The molecular formula is C16H17N2O7P. The first kappa shape index (κ1) is 18.3. The number of hydrogen-bond donors (Lipinski definition) is 2. The van der Waals surface area contributed by atoms with E-state index in [9.17, 15) is 19.0 Å². The summed E-state index contributed by atoms with van der Waals surface area (Å²) in [4.78, 5) is 35.3. The van der Waals surface area contributed by atoms with Gasteiger partial charge >= 0.3 is 13.3 Å². The summed E-state index contributed by atoms with van der Waals surface area (Å²) in [5.41, 5.74) is -0.751. The van der Waals surface area contributed by atoms with Crippen LogP contribution in [0.25, 0.3) is 0 Å². The van der Waals surface area contributed by atoms with Gasteiger partial charge < -0.3 is 18.9 Å². The van der Waals surface area contributed by atoms with E-state index < -0.39 is 37.7 Å². The van der Waals surface area contributed by atoms with Crippen molar-refractivity contribution in [1.82, 2.24) is 9.55 Å². The Morgan fingerprint density at radius 3 is 2.73 bits per heavy atom. The maximum absolute atomic E-state index is 12.1. The van der Waals surface area contributed by atoms with Gasteiger partial charge in [-0.05, 0) is 31.2 Å². The van der Waals surface area contributed by atoms with Gasteiger partial charge in [-0.15, -0.1) is 0 Å². The molecule has 0 saturated carbocycles. The Kier molecular flexibility index (Phi) is 5.24. The maximum atomic E-state index is 12.1. The third-order valence-electron chi connectivity index (χ3n) is 3.52. The fourth-order valence-electron chi connectivity index (χ4n) is 2.28. The summed E-state index contributed by atoms with van der Waals surface area (Å²) in [6, 6.07) is 8.20. The molecule has 1 aromatic heterocycles. The van der Waals surface area contributed by atoms with Crippen LogP contribution in [0.2, 0.25) is 0 Å². The normalized spacial score (nSPS) is 21.5. The van der Waals surface area contributed by atoms with E-state index in [2.05, 4.69) is 4.98 Å². The highest BCUT2D eigenvalue weighted by molar-refractivity contribution is 7.53. The van der Waals surface area contributed by atoms with Gasteiger partial charge in [0.25, 0.3) is 5.56 Å². The molecule has 0 bridgehead atoms. The fourth-order valence-corrected chi connectivity index (χ4v) is 3.12. The summed E-state index contributed by atoms with van der Waals surface area (Å²) in [5.74, 6) is 0.248. The molecule has 1 aliphatic heterocycles. The van der Waals surface area contributed by atoms with Gasteiger partial charge in [-0.2, -0.15) is 0 Å². The van der Waals surface area contributed by atoms with Crippen LogP contribution in [-0.4, -0.2) is 27.1 Å². The van der Waals surface area contributed by atoms with Gasteiger partial charge in [0.15, 0.2) is 18.9 Å². The number of rotatable bonds is 6. The molecule has 9 nitrogen and oxygen atoms in total. The van der Waals surface area contributed by atoms with Crippen molar-refractivity contribution in [3.63, 3.8) is 0 Å². The van der Waals surface area contributed by atoms with E-state index in [1.807, 2.05) is 0 Å². The third kappa shape index (κ3) is 4.39. The predicted octanol–water partition coefficient (Wildman–Crippen LogP) is 1.49. The first-order valence-corrected chi connectivity index (χ1v) is 9.44. The van der Waals surface area contributed by atoms with Gasteiger partial charge in [0.1, 0.15) is 5.75 Å². The molecule has 10 heteroatoms. The second-order valence-corrected chi connectivity index (χ2v) is 7.31. The maximum Gasteiger partial charge on any atom is 0.402 e. The van der Waals surface area contributed by atoms with Crippen molar-refractivity contribution < 1.29 is 23.5 Å². The Morgan fingerprint density at radius 1 is 1.27 bits per heavy atom. The van der Waals surface area contributed by atoms with E-state index in [-0.39, 0.29) is 5.75 Å². The average Bonchev–Trinajstić information content (AvgIpc) is 3.06. The topological polar surface area (TPSA) is 120 Å². The Morgan fingerprint density at radius 2 is 2.00 bits per heavy atom. The van der Waals surface area contributed by atoms with Crippen molar-refractivity contribution in [3.05, 3.63) is 75.1 Å². The van der Waals surface area contributed by atoms with Crippen LogP contribution in [0.15, 0.2) is 58.3 Å². The van der Waals surface area contributed by atoms with Crippen LogP contribution in [0, 0.1) is 6.92 Å². The molecular weight excluding hydrogens is 363 g/mol. The molecule has 0 saturated heterocycles. The molecule has 2 N–H and O–H groups in total. The Hall–Kier alpha value is -2.45. The van der Waals surface area contributed by atoms with E-state index in [1.165, 1.54) is 16.8 Å². The number of para-hydroxylation sites is 1. The lowest BCUT2D eigenvalue weighted by Crippen LogP contribution is -2.33. The van der Waals surface area contributed by atoms with Crippen molar-refractivity contribution in [2.45, 2.75) is 19.4 Å². The summed E-state index contributed by atoms with van der Waals surface area (Å²) >= 11 is 0. The van der Waals surface area contributed by atoms with Gasteiger partial charge in [0.2, 0.25) is 0 Å². The average molecular weight is 380 g/mol. The molecule has 3 rings (SSSR count). The van der Waals surface area contributed by atoms with E-state index in [0.29, 0.717) is 5.56 Å². The lowest BCUT2D eigenvalue weighted by atomic mass is 10.3. The van der Waals surface area contributed by atoms with Crippen LogP contribution >= 0.6 is 7.60 Å². The standard InChI is InChI=1S/C16H17N2O7P/c1-11-9-18(16(20)17-15(11)19)13-7-8-14(24-13)23-10-26(21,22)25-12-5-3-2-4-6-12/h2-9,13-14H,10H2,1H3,(H,21,22)(H,17,19,20)/t13-,14+/m1/s1. The van der Waals surface area contributed by atoms with Crippen LogP contribution in [0.4, 0.5) is 0 Å². The molecule has 1 aliphatic rings. The molecule has 26 heavy (non-hydrogen) atoms. The highest BCUT2D eigenvalue weighted by Gasteiger charge is 2.27. The summed E-state index contributed by atoms with van der Waals surface area (Å²) in [6.07, 6.45) is 2.09. The molecule has 1 unspecified atom stereocenters. The minimum Gasteiger partial charge on any atom is -0.423 e. The van der Waals surface area contributed by atoms with Crippen molar-refractivity contribution >= 4 is 7.60 Å². The number of benzene rings is 1. The van der Waals surface area contributed by atoms with Gasteiger partial charge in [0.05, 0.1) is 0 Å². The van der Waals surface area contributed by atoms with Crippen molar-refractivity contribution in [2.75, 3.05) is 6.35 Å². The van der Waals surface area contributed by atoms with Crippen molar-refractivity contribution in [2.24, 2.45) is 0 Å². The smallest absolute Gasteiger partial charge is 0.402 e. The monoisotopic (exact) mass is 380 g/mol. The molecule has 2 heterocycles. The van der Waals surface area contributed by atoms with E-state index in [1.54, 1.807) is 43.3 Å². The van der Waals surface area contributed by atoms with Gasteiger partial charge in [0, 0.05) is 11.8 Å². The summed E-state index contributed by atoms with van der Waals surface area (Å²) in [5, 5.41) is 0. The predicted molar refractivity (Wildman–Crippen MR) is 92.0 cm³/mol. The van der Waals surface area contributed by atoms with Gasteiger partial charge in [-0.25, -0.2) is 9.36 Å². The van der Waals surface area contributed by atoms with Crippen LogP contribution in [0.1, 0.15) is 11.8 Å². The molecule has 0 spiro atoms. The highest BCUT2D eigenvalue weighted by Crippen LogP contribution is 2.43. The number of hydrogen-bond acceptors (Lipinski definition) is 6. The highest BCUT2D eigenvalue weighted by atomic mass is 31.2. The van der Waals surface area contributed by atoms with E-state index in [4.69, 9.17) is 14.0 Å². The van der Waals surface area contributed by atoms with Crippen LogP contribution in [0.5, 0.6) is 5.75 Å². The van der Waals surface area contributed by atoms with Crippen LogP contribution in [-0.2, 0) is 14.0 Å². The molecule has 1 aromatic carbocycles. The minimum absolute atomic E-state index is 0.248. The zero-order chi connectivity index (χ0) is 18.7. The number of H-pyrrole nitrogens is 1. The molecule has 138 valence electrons. The van der Waals surface area contributed by atoms with E-state index >= 15 is 0 Å². The lowest BCUT2D eigenvalue weighted by molar-refractivity contribution is -0.127. The second-order valence-electron chi connectivity index (χ2n) is 5.60. The number of ether oxygens (including phenoxy) is 2. The SMILES string of the molecule is Cc1cn([C@H]2C=C[C@@H](OCP(=O)(O)Oc3ccccc3)O2)c(=O)[nH]c1=O. The number of aromatic nitrogens is 2. The number of aryl methyl sites for hydroxylation is 1. The minimum atomic E-state index is -4.03. The van der Waals surface area contributed by atoms with Gasteiger partial charge in [-0.1, -0.05) is 18.2 Å². The van der Waals surface area contributed by atoms with Gasteiger partial charge in [-0.3, -0.25) is 14.3 Å². The molecule has 0 aliphatic carbocycles. The molecule has 0 radical (unpaired) electrons. The zero-order valence-corrected chi connectivity index (χ0v) is 14.7. The summed E-state index contributed by atoms with van der Waals surface area (Å²) in [6.45, 7) is 1.56. The number of aromatic amines is 1. The Bertz CT molecular complexity index is 967. The summed E-state index contributed by atoms with van der Waals surface area (Å²) in [7, 11) is -4.03. The quantitative estimate of drug-likeness (QED) is 0.575.